The molecule has 9 nitrogen and oxygen atoms in total. The van der Waals surface area contributed by atoms with E-state index in [1.54, 1.807) is 17.5 Å². The van der Waals surface area contributed by atoms with Crippen LogP contribution in [0.15, 0.2) is 22.7 Å². The van der Waals surface area contributed by atoms with Gasteiger partial charge in [-0.2, -0.15) is 8.42 Å². The minimum absolute atomic E-state index is 0.0226. The van der Waals surface area contributed by atoms with Crippen molar-refractivity contribution in [1.29, 1.82) is 0 Å². The first-order valence-electron chi connectivity index (χ1n) is 5.59. The molecule has 21 heavy (non-hydrogen) atoms. The summed E-state index contributed by atoms with van der Waals surface area (Å²) in [4.78, 5) is 28.7. The number of hydrogen-bond acceptors (Lipinski definition) is 7. The van der Waals surface area contributed by atoms with Gasteiger partial charge >= 0.3 is 10.3 Å². The van der Waals surface area contributed by atoms with Gasteiger partial charge in [-0.1, -0.05) is 11.2 Å². The zero-order valence-corrected chi connectivity index (χ0v) is 12.3. The van der Waals surface area contributed by atoms with Gasteiger partial charge < -0.3 is 10.2 Å². The van der Waals surface area contributed by atoms with Crippen LogP contribution in [-0.2, 0) is 24.7 Å². The second kappa shape index (κ2) is 5.79. The quantitative estimate of drug-likeness (QED) is 0.315. The van der Waals surface area contributed by atoms with Crippen molar-refractivity contribution in [2.45, 2.75) is 6.04 Å². The Balaban J connectivity index is 2.06. The second-order valence-corrected chi connectivity index (χ2v) is 6.26. The zero-order valence-electron chi connectivity index (χ0n) is 10.7. The predicted octanol–water partition coefficient (Wildman–Crippen LogP) is -0.772. The molecule has 1 aliphatic rings. The van der Waals surface area contributed by atoms with Crippen molar-refractivity contribution in [3.63, 3.8) is 0 Å². The molecule has 0 radical (unpaired) electrons. The maximum atomic E-state index is 12.0. The van der Waals surface area contributed by atoms with Gasteiger partial charge in [0.05, 0.1) is 11.4 Å². The normalized spacial score (nSPS) is 19.1. The molecule has 114 valence electrons. The topological polar surface area (TPSA) is 125 Å². The lowest BCUT2D eigenvalue weighted by molar-refractivity contribution is -0.139. The van der Waals surface area contributed by atoms with Crippen LogP contribution in [0.2, 0.25) is 0 Å². The van der Waals surface area contributed by atoms with Gasteiger partial charge in [0.15, 0.2) is 5.71 Å². The molecule has 0 bridgehead atoms. The van der Waals surface area contributed by atoms with E-state index in [2.05, 4.69) is 15.3 Å². The molecule has 1 unspecified atom stereocenters. The molecule has 11 heteroatoms. The highest BCUT2D eigenvalue weighted by Crippen LogP contribution is 2.15. The number of oxime groups is 1. The Hall–Kier alpha value is -1.98. The highest BCUT2D eigenvalue weighted by Gasteiger charge is 2.44. The molecule has 0 saturated carbocycles. The number of amides is 2. The van der Waals surface area contributed by atoms with E-state index < -0.39 is 28.2 Å². The lowest BCUT2D eigenvalue weighted by Crippen LogP contribution is -2.65. The summed E-state index contributed by atoms with van der Waals surface area (Å²) in [5.74, 6) is -1.58. The molecule has 1 saturated heterocycles. The third-order valence-electron chi connectivity index (χ3n) is 2.63. The largest absolute Gasteiger partial charge is 0.398 e. The van der Waals surface area contributed by atoms with Crippen LogP contribution in [0.1, 0.15) is 4.88 Å². The first-order chi connectivity index (χ1) is 9.84. The fourth-order valence-electron chi connectivity index (χ4n) is 1.64. The van der Waals surface area contributed by atoms with Crippen LogP contribution in [0, 0.1) is 0 Å². The third-order valence-corrected chi connectivity index (χ3v) is 4.39. The average molecular weight is 333 g/mol. The van der Waals surface area contributed by atoms with Gasteiger partial charge in [-0.3, -0.25) is 14.1 Å². The van der Waals surface area contributed by atoms with E-state index in [-0.39, 0.29) is 16.6 Å². The molecule has 1 aliphatic heterocycles. The Kier molecular flexibility index (Phi) is 4.25. The van der Waals surface area contributed by atoms with Crippen molar-refractivity contribution in [2.24, 2.45) is 5.16 Å². The van der Waals surface area contributed by atoms with Gasteiger partial charge in [-0.15, -0.1) is 11.3 Å². The molecule has 1 atom stereocenters. The third kappa shape index (κ3) is 3.20. The van der Waals surface area contributed by atoms with Crippen LogP contribution >= 0.6 is 11.3 Å². The highest BCUT2D eigenvalue weighted by molar-refractivity contribution is 7.84. The Labute approximate surface area is 124 Å². The number of β-lactam (4-membered cyclic amide) rings is 1. The predicted molar refractivity (Wildman–Crippen MR) is 73.1 cm³/mol. The van der Waals surface area contributed by atoms with Crippen LogP contribution < -0.4 is 5.32 Å². The average Bonchev–Trinajstić information content (AvgIpc) is 2.91. The molecular weight excluding hydrogens is 322 g/mol. The summed E-state index contributed by atoms with van der Waals surface area (Å²) in [5, 5.41) is 7.66. The van der Waals surface area contributed by atoms with Gasteiger partial charge in [0.1, 0.15) is 13.2 Å². The number of thiophene rings is 1. The maximum absolute atomic E-state index is 12.0. The summed E-state index contributed by atoms with van der Waals surface area (Å²) in [7, 11) is -3.30. The molecule has 0 spiro atoms. The molecule has 1 aromatic heterocycles. The van der Waals surface area contributed by atoms with Gasteiger partial charge in [0.2, 0.25) is 0 Å². The monoisotopic (exact) mass is 333 g/mol. The summed E-state index contributed by atoms with van der Waals surface area (Å²) in [6.07, 6.45) is 0. The minimum atomic E-state index is -4.58. The van der Waals surface area contributed by atoms with Crippen molar-refractivity contribution in [1.82, 2.24) is 9.62 Å². The molecular formula is C10H11N3O6S2. The number of nitrogens with one attached hydrogen (secondary N) is 1. The van der Waals surface area contributed by atoms with Gasteiger partial charge in [-0.25, -0.2) is 4.31 Å². The lowest BCUT2D eigenvalue weighted by atomic mass is 10.1. The molecule has 2 rings (SSSR count). The Morgan fingerprint density at radius 3 is 2.81 bits per heavy atom. The molecule has 2 amide bonds. The number of nitrogens with zero attached hydrogens (tertiary/aromatic N) is 2. The lowest BCUT2D eigenvalue weighted by Gasteiger charge is -2.35. The highest BCUT2D eigenvalue weighted by atomic mass is 32.2. The van der Waals surface area contributed by atoms with Crippen LogP contribution in [-0.4, -0.2) is 54.5 Å². The second-order valence-electron chi connectivity index (χ2n) is 3.97. The van der Waals surface area contributed by atoms with Gasteiger partial charge in [-0.05, 0) is 11.4 Å². The van der Waals surface area contributed by atoms with E-state index in [1.165, 1.54) is 18.4 Å². The van der Waals surface area contributed by atoms with E-state index in [0.29, 0.717) is 4.88 Å². The van der Waals surface area contributed by atoms with E-state index in [4.69, 9.17) is 4.55 Å². The van der Waals surface area contributed by atoms with Crippen molar-refractivity contribution in [3.05, 3.63) is 22.4 Å². The molecule has 0 aliphatic carbocycles. The number of hydrogen-bond donors (Lipinski definition) is 2. The summed E-state index contributed by atoms with van der Waals surface area (Å²) >= 11 is 1.25. The Bertz CT molecular complexity index is 682. The smallest absolute Gasteiger partial charge is 0.362 e. The van der Waals surface area contributed by atoms with Crippen LogP contribution in [0.25, 0.3) is 0 Å². The van der Waals surface area contributed by atoms with Crippen molar-refractivity contribution < 1.29 is 27.4 Å². The summed E-state index contributed by atoms with van der Waals surface area (Å²) in [6.45, 7) is -0.325. The Morgan fingerprint density at radius 2 is 2.33 bits per heavy atom. The fraction of sp³-hybridized carbons (Fsp3) is 0.300. The van der Waals surface area contributed by atoms with Crippen LogP contribution in [0.4, 0.5) is 0 Å². The van der Waals surface area contributed by atoms with E-state index in [0.717, 1.165) is 0 Å². The summed E-state index contributed by atoms with van der Waals surface area (Å²) in [6, 6.07) is 2.34. The molecule has 2 N–H and O–H groups in total. The van der Waals surface area contributed by atoms with Crippen molar-refractivity contribution in [3.8, 4) is 0 Å². The molecule has 1 fully saturated rings. The number of rotatable bonds is 5. The van der Waals surface area contributed by atoms with Gasteiger partial charge in [0, 0.05) is 0 Å². The van der Waals surface area contributed by atoms with E-state index in [9.17, 15) is 18.0 Å². The molecule has 0 aromatic carbocycles. The summed E-state index contributed by atoms with van der Waals surface area (Å²) < 4.78 is 30.6. The van der Waals surface area contributed by atoms with Crippen molar-refractivity contribution >= 4 is 39.2 Å². The van der Waals surface area contributed by atoms with E-state index in [1.807, 2.05) is 0 Å². The number of carbonyl (C=O) groups is 2. The molecule has 2 heterocycles. The van der Waals surface area contributed by atoms with Crippen molar-refractivity contribution in [2.75, 3.05) is 13.7 Å². The van der Waals surface area contributed by atoms with Gasteiger partial charge in [0.25, 0.3) is 11.8 Å². The first-order valence-corrected chi connectivity index (χ1v) is 7.87. The molecule has 1 aromatic rings. The SMILES string of the molecule is CO/N=C(\C(=O)NC1CN(S(=O)(=O)O)C1=O)c1cccs1. The number of carbonyl (C=O) groups excluding carboxylic acids is 2. The first kappa shape index (κ1) is 15.4. The fourth-order valence-corrected chi connectivity index (χ4v) is 3.03. The van der Waals surface area contributed by atoms with Crippen LogP contribution in [0.3, 0.4) is 0 Å². The summed E-state index contributed by atoms with van der Waals surface area (Å²) in [5.41, 5.74) is -0.0226. The van der Waals surface area contributed by atoms with E-state index >= 15 is 0 Å². The Morgan fingerprint density at radius 1 is 1.62 bits per heavy atom. The standard InChI is InChI=1S/C10H11N3O6S2/c1-19-12-8(7-3-2-4-20-7)9(14)11-6-5-13(10(6)15)21(16,17)18/h2-4,6H,5H2,1H3,(H,11,14)(H,16,17,18)/b12-8-. The maximum Gasteiger partial charge on any atom is 0.362 e. The van der Waals surface area contributed by atoms with Crippen LogP contribution in [0.5, 0.6) is 0 Å². The minimum Gasteiger partial charge on any atom is -0.398 e. The zero-order chi connectivity index (χ0) is 15.6.